The maximum Gasteiger partial charge on any atom is 0.0898 e. The van der Waals surface area contributed by atoms with Gasteiger partial charge in [-0.15, -0.1) is 11.3 Å². The number of aryl methyl sites for hydroxylation is 1. The molecule has 0 radical (unpaired) electrons. The lowest BCUT2D eigenvalue weighted by Crippen LogP contribution is -2.10. The fraction of sp³-hybridized carbons (Fsp3) is 0.400. The van der Waals surface area contributed by atoms with Crippen LogP contribution in [0.15, 0.2) is 29.6 Å². The van der Waals surface area contributed by atoms with Crippen LogP contribution in [-0.4, -0.2) is 4.98 Å². The maximum atomic E-state index is 4.44. The molecule has 2 nitrogen and oxygen atoms in total. The molecule has 2 aromatic rings. The first-order chi connectivity index (χ1) is 8.45. The quantitative estimate of drug-likeness (QED) is 0.887. The number of hydrogen-bond acceptors (Lipinski definition) is 3. The minimum atomic E-state index is 0.213. The molecule has 18 heavy (non-hydrogen) atoms. The van der Waals surface area contributed by atoms with E-state index < -0.39 is 0 Å². The van der Waals surface area contributed by atoms with Crippen LogP contribution in [0.1, 0.15) is 37.0 Å². The van der Waals surface area contributed by atoms with Crippen molar-refractivity contribution in [3.63, 3.8) is 0 Å². The van der Waals surface area contributed by atoms with E-state index in [0.717, 1.165) is 22.9 Å². The minimum Gasteiger partial charge on any atom is -0.379 e. The standard InChI is InChI=1S/C15H20N2S/c1-11-17-14(10-18-11)9-16-13-7-5-12(6-8-13)15(2,3)4/h5-8,10,16H,9H2,1-4H3. The van der Waals surface area contributed by atoms with Crippen molar-refractivity contribution in [1.82, 2.24) is 4.98 Å². The molecule has 1 aromatic heterocycles. The topological polar surface area (TPSA) is 24.9 Å². The predicted molar refractivity (Wildman–Crippen MR) is 79.3 cm³/mol. The lowest BCUT2D eigenvalue weighted by atomic mass is 9.87. The van der Waals surface area contributed by atoms with E-state index in [-0.39, 0.29) is 5.41 Å². The predicted octanol–water partition coefficient (Wildman–Crippen LogP) is 4.36. The van der Waals surface area contributed by atoms with Gasteiger partial charge in [0.2, 0.25) is 0 Å². The summed E-state index contributed by atoms with van der Waals surface area (Å²) in [6.07, 6.45) is 0. The van der Waals surface area contributed by atoms with Crippen LogP contribution < -0.4 is 5.32 Å². The second kappa shape index (κ2) is 5.11. The molecule has 0 aliphatic rings. The Kier molecular flexibility index (Phi) is 3.71. The lowest BCUT2D eigenvalue weighted by molar-refractivity contribution is 0.590. The van der Waals surface area contributed by atoms with Crippen molar-refractivity contribution < 1.29 is 0 Å². The largest absolute Gasteiger partial charge is 0.379 e. The summed E-state index contributed by atoms with van der Waals surface area (Å²) >= 11 is 1.69. The first kappa shape index (κ1) is 13.1. The fourth-order valence-corrected chi connectivity index (χ4v) is 2.38. The van der Waals surface area contributed by atoms with Crippen molar-refractivity contribution in [2.24, 2.45) is 0 Å². The zero-order valence-electron chi connectivity index (χ0n) is 11.4. The van der Waals surface area contributed by atoms with Crippen LogP contribution in [0.4, 0.5) is 5.69 Å². The Morgan fingerprint density at radius 1 is 1.17 bits per heavy atom. The number of nitrogens with zero attached hydrogens (tertiary/aromatic N) is 1. The van der Waals surface area contributed by atoms with Gasteiger partial charge in [0, 0.05) is 11.1 Å². The second-order valence-electron chi connectivity index (χ2n) is 5.54. The molecule has 1 heterocycles. The summed E-state index contributed by atoms with van der Waals surface area (Å²) in [4.78, 5) is 4.44. The first-order valence-corrected chi connectivity index (χ1v) is 7.08. The van der Waals surface area contributed by atoms with E-state index in [9.17, 15) is 0 Å². The van der Waals surface area contributed by atoms with Gasteiger partial charge in [0.25, 0.3) is 0 Å². The SMILES string of the molecule is Cc1nc(CNc2ccc(C(C)(C)C)cc2)cs1. The highest BCUT2D eigenvalue weighted by molar-refractivity contribution is 7.09. The number of thiazole rings is 1. The Bertz CT molecular complexity index is 506. The summed E-state index contributed by atoms with van der Waals surface area (Å²) in [5.74, 6) is 0. The van der Waals surface area contributed by atoms with Gasteiger partial charge in [0.15, 0.2) is 0 Å². The normalized spacial score (nSPS) is 11.6. The lowest BCUT2D eigenvalue weighted by Gasteiger charge is -2.19. The fourth-order valence-electron chi connectivity index (χ4n) is 1.77. The van der Waals surface area contributed by atoms with Gasteiger partial charge in [0.05, 0.1) is 17.2 Å². The molecule has 0 spiro atoms. The smallest absolute Gasteiger partial charge is 0.0898 e. The van der Waals surface area contributed by atoms with Gasteiger partial charge in [-0.25, -0.2) is 4.98 Å². The molecule has 1 aromatic carbocycles. The van der Waals surface area contributed by atoms with Crippen molar-refractivity contribution in [2.75, 3.05) is 5.32 Å². The number of rotatable bonds is 3. The Hall–Kier alpha value is -1.35. The monoisotopic (exact) mass is 260 g/mol. The summed E-state index contributed by atoms with van der Waals surface area (Å²) in [5, 5.41) is 6.62. The van der Waals surface area contributed by atoms with E-state index in [1.54, 1.807) is 11.3 Å². The molecule has 0 saturated heterocycles. The van der Waals surface area contributed by atoms with E-state index >= 15 is 0 Å². The molecule has 0 aliphatic carbocycles. The van der Waals surface area contributed by atoms with Crippen LogP contribution in [0.2, 0.25) is 0 Å². The molecule has 1 N–H and O–H groups in total. The Morgan fingerprint density at radius 3 is 2.33 bits per heavy atom. The summed E-state index contributed by atoms with van der Waals surface area (Å²) in [6.45, 7) is 9.51. The Balaban J connectivity index is 1.98. The van der Waals surface area contributed by atoms with Gasteiger partial charge in [-0.05, 0) is 30.0 Å². The first-order valence-electron chi connectivity index (χ1n) is 6.20. The molecule has 0 unspecified atom stereocenters. The van der Waals surface area contributed by atoms with Gasteiger partial charge in [-0.2, -0.15) is 0 Å². The van der Waals surface area contributed by atoms with E-state index in [2.05, 4.69) is 60.7 Å². The average molecular weight is 260 g/mol. The van der Waals surface area contributed by atoms with E-state index in [0.29, 0.717) is 0 Å². The third kappa shape index (κ3) is 3.33. The van der Waals surface area contributed by atoms with Crippen molar-refractivity contribution in [3.8, 4) is 0 Å². The Labute approximate surface area is 113 Å². The number of hydrogen-bond donors (Lipinski definition) is 1. The molecule has 0 fully saturated rings. The van der Waals surface area contributed by atoms with Crippen LogP contribution >= 0.6 is 11.3 Å². The van der Waals surface area contributed by atoms with Crippen molar-refractivity contribution in [2.45, 2.75) is 39.7 Å². The number of benzene rings is 1. The molecular formula is C15H20N2S. The summed E-state index contributed by atoms with van der Waals surface area (Å²) in [7, 11) is 0. The summed E-state index contributed by atoms with van der Waals surface area (Å²) in [5.41, 5.74) is 3.83. The number of aromatic nitrogens is 1. The molecule has 96 valence electrons. The third-order valence-electron chi connectivity index (χ3n) is 2.89. The molecule has 2 rings (SSSR count). The van der Waals surface area contributed by atoms with Crippen molar-refractivity contribution >= 4 is 17.0 Å². The van der Waals surface area contributed by atoms with Gasteiger partial charge >= 0.3 is 0 Å². The van der Waals surface area contributed by atoms with E-state index in [1.807, 2.05) is 6.92 Å². The average Bonchev–Trinajstić information content (AvgIpc) is 2.72. The number of anilines is 1. The minimum absolute atomic E-state index is 0.213. The van der Waals surface area contributed by atoms with Crippen LogP contribution in [-0.2, 0) is 12.0 Å². The van der Waals surface area contributed by atoms with Gasteiger partial charge in [-0.1, -0.05) is 32.9 Å². The van der Waals surface area contributed by atoms with Crippen molar-refractivity contribution in [1.29, 1.82) is 0 Å². The second-order valence-corrected chi connectivity index (χ2v) is 6.60. The summed E-state index contributed by atoms with van der Waals surface area (Å²) in [6, 6.07) is 8.66. The molecular weight excluding hydrogens is 240 g/mol. The van der Waals surface area contributed by atoms with Gasteiger partial charge in [0.1, 0.15) is 0 Å². The highest BCUT2D eigenvalue weighted by atomic mass is 32.1. The number of nitrogens with one attached hydrogen (secondary N) is 1. The van der Waals surface area contributed by atoms with Crippen LogP contribution in [0, 0.1) is 6.92 Å². The highest BCUT2D eigenvalue weighted by Gasteiger charge is 2.12. The Morgan fingerprint density at radius 2 is 1.83 bits per heavy atom. The summed E-state index contributed by atoms with van der Waals surface area (Å²) < 4.78 is 0. The molecule has 0 bridgehead atoms. The molecule has 0 atom stereocenters. The molecule has 0 amide bonds. The maximum absolute atomic E-state index is 4.44. The van der Waals surface area contributed by atoms with Crippen LogP contribution in [0.25, 0.3) is 0 Å². The molecule has 0 saturated carbocycles. The molecule has 3 heteroatoms. The zero-order chi connectivity index (χ0) is 13.2. The van der Waals surface area contributed by atoms with Gasteiger partial charge < -0.3 is 5.32 Å². The van der Waals surface area contributed by atoms with E-state index in [1.165, 1.54) is 5.56 Å². The molecule has 0 aliphatic heterocycles. The third-order valence-corrected chi connectivity index (χ3v) is 3.71. The zero-order valence-corrected chi connectivity index (χ0v) is 12.3. The van der Waals surface area contributed by atoms with Crippen molar-refractivity contribution in [3.05, 3.63) is 45.9 Å². The van der Waals surface area contributed by atoms with Crippen LogP contribution in [0.3, 0.4) is 0 Å². The van der Waals surface area contributed by atoms with Crippen LogP contribution in [0.5, 0.6) is 0 Å². The van der Waals surface area contributed by atoms with E-state index in [4.69, 9.17) is 0 Å². The van der Waals surface area contributed by atoms with Gasteiger partial charge in [-0.3, -0.25) is 0 Å². The highest BCUT2D eigenvalue weighted by Crippen LogP contribution is 2.23.